The van der Waals surface area contributed by atoms with Crippen molar-refractivity contribution >= 4 is 16.6 Å². The summed E-state index contributed by atoms with van der Waals surface area (Å²) in [6.45, 7) is 13.4. The van der Waals surface area contributed by atoms with Gasteiger partial charge in [-0.05, 0) is 57.5 Å². The molecule has 1 aliphatic rings. The van der Waals surface area contributed by atoms with E-state index >= 15 is 0 Å². The van der Waals surface area contributed by atoms with Crippen LogP contribution in [0.2, 0.25) is 38.3 Å². The molecule has 0 aliphatic carbocycles. The summed E-state index contributed by atoms with van der Waals surface area (Å²) in [6, 6.07) is 2.29. The van der Waals surface area contributed by atoms with E-state index in [1.807, 2.05) is 0 Å². The molecule has 1 fully saturated rings. The van der Waals surface area contributed by atoms with Gasteiger partial charge in [0.05, 0.1) is 13.2 Å². The van der Waals surface area contributed by atoms with Crippen molar-refractivity contribution in [3.05, 3.63) is 0 Å². The molecule has 23 heavy (non-hydrogen) atoms. The molecule has 0 aromatic heterocycles. The normalized spacial score (nSPS) is 18.4. The highest BCUT2D eigenvalue weighted by Crippen LogP contribution is 2.24. The summed E-state index contributed by atoms with van der Waals surface area (Å²) >= 11 is 0. The second kappa shape index (κ2) is 11.0. The third kappa shape index (κ3) is 12.3. The Morgan fingerprint density at radius 2 is 1.43 bits per heavy atom. The van der Waals surface area contributed by atoms with Crippen molar-refractivity contribution in [2.24, 2.45) is 0 Å². The van der Waals surface area contributed by atoms with Gasteiger partial charge in [-0.2, -0.15) is 0 Å². The molecule has 1 heterocycles. The van der Waals surface area contributed by atoms with Gasteiger partial charge in [0.15, 0.2) is 16.6 Å². The van der Waals surface area contributed by atoms with Gasteiger partial charge in [0, 0.05) is 26.4 Å². The smallest absolute Gasteiger partial charge is 0.173 e. The summed E-state index contributed by atoms with van der Waals surface area (Å²) in [5.74, 6) is 0. The van der Waals surface area contributed by atoms with Gasteiger partial charge < -0.3 is 23.4 Å². The minimum atomic E-state index is -1.61. The van der Waals surface area contributed by atoms with E-state index in [9.17, 15) is 0 Å². The highest BCUT2D eigenvalue weighted by molar-refractivity contribution is 6.84. The Kier molecular flexibility index (Phi) is 10.1. The molecule has 1 aliphatic heterocycles. The van der Waals surface area contributed by atoms with Crippen LogP contribution in [0.1, 0.15) is 19.3 Å². The van der Waals surface area contributed by atoms with Crippen molar-refractivity contribution in [3.8, 4) is 0 Å². The maximum atomic E-state index is 8.71. The Hall–Kier alpha value is 0.234. The van der Waals surface area contributed by atoms with Gasteiger partial charge in [-0.1, -0.05) is 0 Å². The van der Waals surface area contributed by atoms with Crippen LogP contribution in [0.4, 0.5) is 0 Å². The fourth-order valence-electron chi connectivity index (χ4n) is 2.70. The number of epoxide rings is 1. The van der Waals surface area contributed by atoms with Crippen LogP contribution in [0, 0.1) is 0 Å². The number of ether oxygens (including phenoxy) is 3. The molecule has 1 unspecified atom stereocenters. The summed E-state index contributed by atoms with van der Waals surface area (Å²) in [6.07, 6.45) is 3.23. The van der Waals surface area contributed by atoms with Gasteiger partial charge in [-0.25, -0.2) is 0 Å². The van der Waals surface area contributed by atoms with Crippen LogP contribution in [0.25, 0.3) is 0 Å². The van der Waals surface area contributed by atoms with Gasteiger partial charge in [-0.15, -0.1) is 0 Å². The molecule has 0 spiro atoms. The Bertz CT molecular complexity index is 309. The molecule has 0 radical (unpaired) electrons. The average molecular weight is 365 g/mol. The summed E-state index contributed by atoms with van der Waals surface area (Å²) in [7, 11) is -3.22. The van der Waals surface area contributed by atoms with Crippen LogP contribution in [0.3, 0.4) is 0 Å². The van der Waals surface area contributed by atoms with E-state index in [0.717, 1.165) is 57.8 Å². The minimum absolute atomic E-state index is 0.209. The number of aliphatic hydroxyl groups excluding tert-OH is 1. The summed E-state index contributed by atoms with van der Waals surface area (Å²) in [4.78, 5) is 0. The van der Waals surface area contributed by atoms with Crippen molar-refractivity contribution in [1.82, 2.24) is 0 Å². The van der Waals surface area contributed by atoms with E-state index in [0.29, 0.717) is 12.7 Å². The number of hydrogen-bond donors (Lipinski definition) is 1. The molecule has 0 bridgehead atoms. The SMILES string of the molecule is C[Si](C)(CCCOCCCO)O[Si](C)(C)CCCOCC1CO1. The number of aliphatic hydroxyl groups is 1. The highest BCUT2D eigenvalue weighted by Gasteiger charge is 2.32. The van der Waals surface area contributed by atoms with Gasteiger partial charge in [0.25, 0.3) is 0 Å². The van der Waals surface area contributed by atoms with Gasteiger partial charge in [0.2, 0.25) is 0 Å². The van der Waals surface area contributed by atoms with E-state index in [1.165, 1.54) is 0 Å². The number of hydrogen-bond acceptors (Lipinski definition) is 5. The standard InChI is InChI=1S/C16H36O5Si2/c1-22(2,12-6-10-18-9-5-8-17)21-23(3,4)13-7-11-19-14-16-15-20-16/h16-17H,5-15H2,1-4H3. The fourth-order valence-corrected chi connectivity index (χ4v) is 11.5. The second-order valence-electron chi connectivity index (χ2n) is 7.55. The van der Waals surface area contributed by atoms with E-state index < -0.39 is 16.6 Å². The zero-order valence-electron chi connectivity index (χ0n) is 15.4. The van der Waals surface area contributed by atoms with E-state index in [2.05, 4.69) is 26.2 Å². The van der Waals surface area contributed by atoms with Crippen molar-refractivity contribution in [3.63, 3.8) is 0 Å². The lowest BCUT2D eigenvalue weighted by atomic mass is 10.5. The van der Waals surface area contributed by atoms with E-state index in [4.69, 9.17) is 23.4 Å². The maximum Gasteiger partial charge on any atom is 0.173 e. The fraction of sp³-hybridized carbons (Fsp3) is 1.00. The molecule has 1 saturated heterocycles. The van der Waals surface area contributed by atoms with Crippen molar-refractivity contribution < 1.29 is 23.4 Å². The van der Waals surface area contributed by atoms with Crippen LogP contribution in [0.15, 0.2) is 0 Å². The molecule has 0 saturated carbocycles. The zero-order valence-corrected chi connectivity index (χ0v) is 17.4. The molecule has 1 N–H and O–H groups in total. The largest absolute Gasteiger partial charge is 0.455 e. The zero-order chi connectivity index (χ0) is 17.2. The predicted molar refractivity (Wildman–Crippen MR) is 98.0 cm³/mol. The highest BCUT2D eigenvalue weighted by atomic mass is 28.4. The second-order valence-corrected chi connectivity index (χ2v) is 16.4. The van der Waals surface area contributed by atoms with Crippen molar-refractivity contribution in [2.75, 3.05) is 39.6 Å². The van der Waals surface area contributed by atoms with Gasteiger partial charge >= 0.3 is 0 Å². The van der Waals surface area contributed by atoms with E-state index in [-0.39, 0.29) is 6.61 Å². The maximum absolute atomic E-state index is 8.71. The third-order valence-electron chi connectivity index (χ3n) is 3.84. The minimum Gasteiger partial charge on any atom is -0.455 e. The molecule has 1 rings (SSSR count). The molecule has 7 heteroatoms. The Morgan fingerprint density at radius 3 is 1.96 bits per heavy atom. The summed E-state index contributed by atoms with van der Waals surface area (Å²) in [5, 5.41) is 8.71. The third-order valence-corrected chi connectivity index (χ3v) is 11.4. The summed E-state index contributed by atoms with van der Waals surface area (Å²) in [5.41, 5.74) is 0. The topological polar surface area (TPSA) is 60.5 Å². The van der Waals surface area contributed by atoms with Crippen LogP contribution in [-0.4, -0.2) is 67.5 Å². The van der Waals surface area contributed by atoms with Crippen molar-refractivity contribution in [2.45, 2.75) is 63.6 Å². The van der Waals surface area contributed by atoms with Crippen molar-refractivity contribution in [1.29, 1.82) is 0 Å². The molecule has 138 valence electrons. The first-order chi connectivity index (χ1) is 10.8. The lowest BCUT2D eigenvalue weighted by molar-refractivity contribution is 0.116. The first-order valence-electron chi connectivity index (χ1n) is 8.93. The van der Waals surface area contributed by atoms with Crippen LogP contribution in [0.5, 0.6) is 0 Å². The van der Waals surface area contributed by atoms with Crippen LogP contribution >= 0.6 is 0 Å². The van der Waals surface area contributed by atoms with Crippen LogP contribution in [-0.2, 0) is 18.3 Å². The molecule has 5 nitrogen and oxygen atoms in total. The quantitative estimate of drug-likeness (QED) is 0.275. The molecular weight excluding hydrogens is 328 g/mol. The monoisotopic (exact) mass is 364 g/mol. The Labute approximate surface area is 143 Å². The van der Waals surface area contributed by atoms with Gasteiger partial charge in [-0.3, -0.25) is 0 Å². The number of rotatable bonds is 15. The lowest BCUT2D eigenvalue weighted by Gasteiger charge is -2.34. The van der Waals surface area contributed by atoms with Gasteiger partial charge in [0.1, 0.15) is 6.10 Å². The first kappa shape index (κ1) is 21.3. The predicted octanol–water partition coefficient (Wildman–Crippen LogP) is 3.01. The Morgan fingerprint density at radius 1 is 0.913 bits per heavy atom. The van der Waals surface area contributed by atoms with E-state index in [1.54, 1.807) is 0 Å². The molecule has 0 aromatic rings. The lowest BCUT2D eigenvalue weighted by Crippen LogP contribution is -2.44. The molecule has 0 amide bonds. The molecular formula is C16H36O5Si2. The van der Waals surface area contributed by atoms with Crippen LogP contribution < -0.4 is 0 Å². The molecule has 0 aromatic carbocycles. The Balaban J connectivity index is 2.08. The molecule has 1 atom stereocenters. The average Bonchev–Trinajstić information content (AvgIpc) is 3.25. The first-order valence-corrected chi connectivity index (χ1v) is 15.2. The summed E-state index contributed by atoms with van der Waals surface area (Å²) < 4.78 is 22.8.